The first-order chi connectivity index (χ1) is 15.9. The predicted octanol–water partition coefficient (Wildman–Crippen LogP) is 4.06. The zero-order chi connectivity index (χ0) is 23.5. The molecule has 33 heavy (non-hydrogen) atoms. The molecule has 4 rings (SSSR count). The summed E-state index contributed by atoms with van der Waals surface area (Å²) in [5.74, 6) is 1.30. The Labute approximate surface area is 198 Å². The van der Waals surface area contributed by atoms with E-state index in [1.807, 2.05) is 49.5 Å². The monoisotopic (exact) mass is 466 g/mol. The van der Waals surface area contributed by atoms with Crippen molar-refractivity contribution in [1.29, 1.82) is 0 Å². The molecule has 0 spiro atoms. The third-order valence-electron chi connectivity index (χ3n) is 5.92. The zero-order valence-corrected chi connectivity index (χ0v) is 20.6. The van der Waals surface area contributed by atoms with E-state index >= 15 is 0 Å². The van der Waals surface area contributed by atoms with E-state index in [1.165, 1.54) is 11.3 Å². The third-order valence-corrected chi connectivity index (χ3v) is 6.90. The van der Waals surface area contributed by atoms with Crippen molar-refractivity contribution in [2.75, 3.05) is 11.9 Å². The molecule has 1 saturated heterocycles. The lowest BCUT2D eigenvalue weighted by atomic mass is 10.0. The maximum absolute atomic E-state index is 13.2. The Morgan fingerprint density at radius 3 is 2.76 bits per heavy atom. The van der Waals surface area contributed by atoms with Crippen LogP contribution in [0.3, 0.4) is 0 Å². The van der Waals surface area contributed by atoms with Crippen LogP contribution in [0.1, 0.15) is 65.7 Å². The number of nitrogens with one attached hydrogen (secondary N) is 1. The van der Waals surface area contributed by atoms with Crippen molar-refractivity contribution >= 4 is 34.3 Å². The molecular weight excluding hydrogens is 436 g/mol. The van der Waals surface area contributed by atoms with Crippen LogP contribution in [0.15, 0.2) is 12.1 Å². The van der Waals surface area contributed by atoms with E-state index in [-0.39, 0.29) is 11.9 Å². The van der Waals surface area contributed by atoms with Gasteiger partial charge in [0.1, 0.15) is 10.8 Å². The highest BCUT2D eigenvalue weighted by Gasteiger charge is 2.29. The summed E-state index contributed by atoms with van der Waals surface area (Å²) >= 11 is 1.51. The molecule has 174 valence electrons. The van der Waals surface area contributed by atoms with Crippen molar-refractivity contribution in [3.05, 3.63) is 45.6 Å². The minimum atomic E-state index is -0.159. The zero-order valence-electron chi connectivity index (χ0n) is 19.8. The highest BCUT2D eigenvalue weighted by Crippen LogP contribution is 2.31. The van der Waals surface area contributed by atoms with E-state index in [4.69, 9.17) is 4.98 Å². The number of rotatable bonds is 6. The number of carbonyl (C=O) groups excluding carboxylic acids is 1. The third kappa shape index (κ3) is 5.11. The van der Waals surface area contributed by atoms with Crippen molar-refractivity contribution in [3.63, 3.8) is 0 Å². The van der Waals surface area contributed by atoms with Gasteiger partial charge in [-0.05, 0) is 52.5 Å². The first kappa shape index (κ1) is 23.0. The van der Waals surface area contributed by atoms with Gasteiger partial charge in [-0.25, -0.2) is 9.97 Å². The fourth-order valence-electron chi connectivity index (χ4n) is 4.11. The number of piperidine rings is 1. The van der Waals surface area contributed by atoms with Gasteiger partial charge in [-0.3, -0.25) is 9.48 Å². The summed E-state index contributed by atoms with van der Waals surface area (Å²) < 4.78 is 1.83. The van der Waals surface area contributed by atoms with Crippen LogP contribution in [0.4, 0.5) is 10.9 Å². The molecular formula is C23H30N8OS. The summed E-state index contributed by atoms with van der Waals surface area (Å²) in [6, 6.07) is 1.73. The molecule has 1 fully saturated rings. The molecule has 1 amide bonds. The summed E-state index contributed by atoms with van der Waals surface area (Å²) in [6.45, 7) is 8.64. The number of amides is 1. The molecule has 9 nitrogen and oxygen atoms in total. The van der Waals surface area contributed by atoms with E-state index < -0.39 is 0 Å². The van der Waals surface area contributed by atoms with Crippen molar-refractivity contribution < 1.29 is 4.79 Å². The van der Waals surface area contributed by atoms with Gasteiger partial charge in [0.05, 0.1) is 11.7 Å². The molecule has 0 aliphatic carbocycles. The van der Waals surface area contributed by atoms with Gasteiger partial charge < -0.3 is 10.2 Å². The number of hydrogen-bond donors (Lipinski definition) is 1. The minimum absolute atomic E-state index is 0.0290. The minimum Gasteiger partial charge on any atom is -0.329 e. The molecule has 3 aromatic rings. The van der Waals surface area contributed by atoms with Gasteiger partial charge >= 0.3 is 0 Å². The standard InChI is InChI=1S/C23H30N8OS/c1-6-20-27-28-23(33-20)26-19-13-14(2)24-22(25-19)18-9-7-8-12-31(18)21(32)11-10-17-15(3)29-30(5)16(17)4/h10-11,13,18H,6-9,12H2,1-5H3,(H,24,25,26,28)/b11-10+. The largest absolute Gasteiger partial charge is 0.329 e. The van der Waals surface area contributed by atoms with Gasteiger partial charge in [-0.2, -0.15) is 5.10 Å². The van der Waals surface area contributed by atoms with Crippen LogP contribution in [0, 0.1) is 20.8 Å². The second-order valence-electron chi connectivity index (χ2n) is 8.32. The van der Waals surface area contributed by atoms with Gasteiger partial charge in [0.25, 0.3) is 0 Å². The van der Waals surface area contributed by atoms with E-state index in [9.17, 15) is 4.79 Å². The number of aryl methyl sites for hydroxylation is 4. The number of aromatic nitrogens is 6. The Morgan fingerprint density at radius 2 is 2.06 bits per heavy atom. The lowest BCUT2D eigenvalue weighted by Gasteiger charge is -2.34. The van der Waals surface area contributed by atoms with Gasteiger partial charge in [0, 0.05) is 42.7 Å². The fourth-order valence-corrected chi connectivity index (χ4v) is 4.79. The molecule has 1 aliphatic rings. The van der Waals surface area contributed by atoms with Crippen LogP contribution < -0.4 is 5.32 Å². The quantitative estimate of drug-likeness (QED) is 0.547. The maximum atomic E-state index is 13.2. The summed E-state index contributed by atoms with van der Waals surface area (Å²) in [5.41, 5.74) is 3.78. The Kier molecular flexibility index (Phi) is 6.83. The van der Waals surface area contributed by atoms with Crippen LogP contribution >= 0.6 is 11.3 Å². The Hall–Kier alpha value is -3.14. The SMILES string of the molecule is CCc1nnc(Nc2cc(C)nc(C3CCCCN3C(=O)/C=C/c3c(C)nn(C)c3C)n2)s1. The molecule has 0 radical (unpaired) electrons. The molecule has 1 unspecified atom stereocenters. The topological polar surface area (TPSA) is 102 Å². The number of likely N-dealkylation sites (tertiary alicyclic amines) is 1. The smallest absolute Gasteiger partial charge is 0.247 e. The number of nitrogens with zero attached hydrogens (tertiary/aromatic N) is 7. The molecule has 4 heterocycles. The lowest BCUT2D eigenvalue weighted by molar-refractivity contribution is -0.129. The molecule has 0 bridgehead atoms. The van der Waals surface area contributed by atoms with Crippen LogP contribution in [-0.2, 0) is 18.3 Å². The van der Waals surface area contributed by atoms with Crippen molar-refractivity contribution in [1.82, 2.24) is 34.8 Å². The first-order valence-electron chi connectivity index (χ1n) is 11.3. The van der Waals surface area contributed by atoms with Gasteiger partial charge in [-0.1, -0.05) is 18.3 Å². The normalized spacial score (nSPS) is 16.5. The summed E-state index contributed by atoms with van der Waals surface area (Å²) in [4.78, 5) is 24.5. The van der Waals surface area contributed by atoms with E-state index in [0.29, 0.717) is 23.3 Å². The summed E-state index contributed by atoms with van der Waals surface area (Å²) in [7, 11) is 1.91. The molecule has 3 aromatic heterocycles. The van der Waals surface area contributed by atoms with Crippen molar-refractivity contribution in [2.45, 2.75) is 59.4 Å². The average molecular weight is 467 g/mol. The highest BCUT2D eigenvalue weighted by molar-refractivity contribution is 7.15. The van der Waals surface area contributed by atoms with Crippen molar-refractivity contribution in [2.24, 2.45) is 7.05 Å². The predicted molar refractivity (Wildman–Crippen MR) is 129 cm³/mol. The maximum Gasteiger partial charge on any atom is 0.247 e. The van der Waals surface area contributed by atoms with E-state index in [1.54, 1.807) is 6.08 Å². The van der Waals surface area contributed by atoms with Crippen LogP contribution in [0.2, 0.25) is 0 Å². The van der Waals surface area contributed by atoms with Crippen LogP contribution in [0.25, 0.3) is 6.08 Å². The van der Waals surface area contributed by atoms with Gasteiger partial charge in [0.2, 0.25) is 11.0 Å². The lowest BCUT2D eigenvalue weighted by Crippen LogP contribution is -2.38. The molecule has 1 aliphatic heterocycles. The Balaban J connectivity index is 1.56. The average Bonchev–Trinajstić information content (AvgIpc) is 3.35. The molecule has 0 saturated carbocycles. The second-order valence-corrected chi connectivity index (χ2v) is 9.38. The van der Waals surface area contributed by atoms with Gasteiger partial charge in [0.15, 0.2) is 5.82 Å². The molecule has 0 aromatic carbocycles. The molecule has 10 heteroatoms. The Bertz CT molecular complexity index is 1180. The first-order valence-corrected chi connectivity index (χ1v) is 12.1. The van der Waals surface area contributed by atoms with Gasteiger partial charge in [-0.15, -0.1) is 10.2 Å². The summed E-state index contributed by atoms with van der Waals surface area (Å²) in [6.07, 6.45) is 7.22. The number of carbonyl (C=O) groups is 1. The highest BCUT2D eigenvalue weighted by atomic mass is 32.1. The van der Waals surface area contributed by atoms with E-state index in [0.717, 1.165) is 53.3 Å². The number of hydrogen-bond acceptors (Lipinski definition) is 8. The van der Waals surface area contributed by atoms with Crippen molar-refractivity contribution in [3.8, 4) is 0 Å². The molecule has 1 atom stereocenters. The van der Waals surface area contributed by atoms with E-state index in [2.05, 4.69) is 32.5 Å². The second kappa shape index (κ2) is 9.78. The summed E-state index contributed by atoms with van der Waals surface area (Å²) in [5, 5.41) is 17.7. The van der Waals surface area contributed by atoms with Crippen LogP contribution in [-0.4, -0.2) is 47.3 Å². The fraction of sp³-hybridized carbons (Fsp3) is 0.478. The Morgan fingerprint density at radius 1 is 1.24 bits per heavy atom. The number of anilines is 2. The molecule has 1 N–H and O–H groups in total. The van der Waals surface area contributed by atoms with Crippen LogP contribution in [0.5, 0.6) is 0 Å².